The first-order valence-corrected chi connectivity index (χ1v) is 9.82. The third kappa shape index (κ3) is 2.64. The number of hydrogen-bond acceptors (Lipinski definition) is 2. The van der Waals surface area contributed by atoms with Crippen molar-refractivity contribution in [2.45, 2.75) is 63.1 Å². The first kappa shape index (κ1) is 16.0. The molecule has 132 valence electrons. The quantitative estimate of drug-likeness (QED) is 0.744. The summed E-state index contributed by atoms with van der Waals surface area (Å²) in [4.78, 5) is 2.71. The monoisotopic (exact) mass is 346 g/mol. The lowest BCUT2D eigenvalue weighted by atomic mass is 9.91. The summed E-state index contributed by atoms with van der Waals surface area (Å²) in [6, 6.07) is 15.0. The summed E-state index contributed by atoms with van der Waals surface area (Å²) in [5.41, 5.74) is 5.01. The largest absolute Gasteiger partial charge is 0.293 e. The normalized spacial score (nSPS) is 24.8. The van der Waals surface area contributed by atoms with Gasteiger partial charge in [-0.15, -0.1) is 0 Å². The molecule has 2 aromatic rings. The summed E-state index contributed by atoms with van der Waals surface area (Å²) in [5.74, 6) is 0.190. The molecule has 2 bridgehead atoms. The van der Waals surface area contributed by atoms with Gasteiger partial charge in [-0.1, -0.05) is 24.3 Å². The molecule has 2 aromatic carbocycles. The van der Waals surface area contributed by atoms with Crippen LogP contribution in [-0.2, 0) is 6.54 Å². The number of rotatable bonds is 4. The standard InChI is InChI=1S/C23H23FN2/c24-22-12-16(6-7-17(22)13-25)21-3-1-2-18(23(21)15-4-5-15)14-26-19-8-9-20(26)11-10-19/h1-3,6-7,12,15,19-20H,4-5,8-11,14H2. The molecule has 0 unspecified atom stereocenters. The van der Waals surface area contributed by atoms with Gasteiger partial charge in [-0.25, -0.2) is 4.39 Å². The number of nitriles is 1. The molecule has 0 aromatic heterocycles. The second-order valence-electron chi connectivity index (χ2n) is 8.09. The third-order valence-electron chi connectivity index (χ3n) is 6.54. The molecule has 5 rings (SSSR count). The highest BCUT2D eigenvalue weighted by atomic mass is 19.1. The van der Waals surface area contributed by atoms with E-state index in [2.05, 4.69) is 23.1 Å². The highest BCUT2D eigenvalue weighted by molar-refractivity contribution is 5.71. The Labute approximate surface area is 154 Å². The Morgan fingerprint density at radius 2 is 1.73 bits per heavy atom. The summed E-state index contributed by atoms with van der Waals surface area (Å²) < 4.78 is 14.2. The number of fused-ring (bicyclic) bond motifs is 2. The van der Waals surface area contributed by atoms with E-state index < -0.39 is 5.82 Å². The van der Waals surface area contributed by atoms with Gasteiger partial charge in [0.1, 0.15) is 11.9 Å². The lowest BCUT2D eigenvalue weighted by Gasteiger charge is -2.24. The van der Waals surface area contributed by atoms with Crippen molar-refractivity contribution in [3.63, 3.8) is 0 Å². The number of hydrogen-bond donors (Lipinski definition) is 0. The molecule has 0 atom stereocenters. The van der Waals surface area contributed by atoms with Crippen molar-refractivity contribution in [1.29, 1.82) is 5.26 Å². The molecular weight excluding hydrogens is 323 g/mol. The number of benzene rings is 2. The molecule has 1 aliphatic carbocycles. The molecule has 2 heterocycles. The molecule has 3 heteroatoms. The van der Waals surface area contributed by atoms with Crippen molar-refractivity contribution in [2.75, 3.05) is 0 Å². The lowest BCUT2D eigenvalue weighted by molar-refractivity contribution is 0.243. The van der Waals surface area contributed by atoms with E-state index in [4.69, 9.17) is 5.26 Å². The van der Waals surface area contributed by atoms with Crippen LogP contribution in [0.3, 0.4) is 0 Å². The number of nitrogens with zero attached hydrogens (tertiary/aromatic N) is 2. The van der Waals surface area contributed by atoms with Gasteiger partial charge in [0.25, 0.3) is 0 Å². The zero-order valence-corrected chi connectivity index (χ0v) is 14.9. The van der Waals surface area contributed by atoms with Crippen molar-refractivity contribution in [2.24, 2.45) is 0 Å². The Morgan fingerprint density at radius 1 is 1.00 bits per heavy atom. The van der Waals surface area contributed by atoms with E-state index in [1.807, 2.05) is 12.1 Å². The second-order valence-corrected chi connectivity index (χ2v) is 8.09. The average Bonchev–Trinajstić information content (AvgIpc) is 3.36. The van der Waals surface area contributed by atoms with Crippen molar-refractivity contribution < 1.29 is 4.39 Å². The summed E-state index contributed by atoms with van der Waals surface area (Å²) >= 11 is 0. The van der Waals surface area contributed by atoms with E-state index in [9.17, 15) is 4.39 Å². The zero-order chi connectivity index (χ0) is 17.7. The molecule has 2 aliphatic heterocycles. The van der Waals surface area contributed by atoms with Gasteiger partial charge in [-0.2, -0.15) is 5.26 Å². The molecule has 1 saturated carbocycles. The molecule has 0 radical (unpaired) electrons. The predicted molar refractivity (Wildman–Crippen MR) is 100 cm³/mol. The van der Waals surface area contributed by atoms with Crippen LogP contribution in [0.15, 0.2) is 36.4 Å². The van der Waals surface area contributed by atoms with E-state index in [0.717, 1.165) is 29.8 Å². The molecule has 0 spiro atoms. The SMILES string of the molecule is N#Cc1ccc(-c2cccc(CN3C4CCC3CC4)c2C2CC2)cc1F. The van der Waals surface area contributed by atoms with Gasteiger partial charge < -0.3 is 0 Å². The summed E-state index contributed by atoms with van der Waals surface area (Å²) in [6.07, 6.45) is 7.87. The predicted octanol–water partition coefficient (Wildman–Crippen LogP) is 5.37. The van der Waals surface area contributed by atoms with Gasteiger partial charge in [0.2, 0.25) is 0 Å². The van der Waals surface area contributed by atoms with Crippen LogP contribution in [-0.4, -0.2) is 17.0 Å². The van der Waals surface area contributed by atoms with Gasteiger partial charge in [-0.05, 0) is 78.8 Å². The van der Waals surface area contributed by atoms with Crippen molar-refractivity contribution in [3.05, 3.63) is 58.9 Å². The van der Waals surface area contributed by atoms with Gasteiger partial charge >= 0.3 is 0 Å². The summed E-state index contributed by atoms with van der Waals surface area (Å²) in [6.45, 7) is 1.04. The fourth-order valence-corrected chi connectivity index (χ4v) is 5.10. The molecule has 26 heavy (non-hydrogen) atoms. The van der Waals surface area contributed by atoms with Crippen LogP contribution in [0.2, 0.25) is 0 Å². The van der Waals surface area contributed by atoms with E-state index in [1.165, 1.54) is 55.7 Å². The topological polar surface area (TPSA) is 27.0 Å². The Morgan fingerprint density at radius 3 is 2.35 bits per heavy atom. The molecular formula is C23H23FN2. The zero-order valence-electron chi connectivity index (χ0n) is 14.9. The maximum Gasteiger partial charge on any atom is 0.141 e. The average molecular weight is 346 g/mol. The third-order valence-corrected chi connectivity index (χ3v) is 6.54. The van der Waals surface area contributed by atoms with E-state index in [0.29, 0.717) is 5.92 Å². The van der Waals surface area contributed by atoms with E-state index in [-0.39, 0.29) is 5.56 Å². The highest BCUT2D eigenvalue weighted by Gasteiger charge is 2.40. The second kappa shape index (κ2) is 6.21. The van der Waals surface area contributed by atoms with Crippen LogP contribution in [0.4, 0.5) is 4.39 Å². The minimum atomic E-state index is -0.422. The maximum atomic E-state index is 14.2. The molecule has 0 N–H and O–H groups in total. The fourth-order valence-electron chi connectivity index (χ4n) is 5.10. The van der Waals surface area contributed by atoms with Crippen molar-refractivity contribution in [3.8, 4) is 17.2 Å². The van der Waals surface area contributed by atoms with Gasteiger partial charge in [0.15, 0.2) is 0 Å². The van der Waals surface area contributed by atoms with Crippen LogP contribution in [0.5, 0.6) is 0 Å². The summed E-state index contributed by atoms with van der Waals surface area (Å²) in [7, 11) is 0. The van der Waals surface area contributed by atoms with Gasteiger partial charge in [0.05, 0.1) is 5.56 Å². The van der Waals surface area contributed by atoms with Crippen LogP contribution >= 0.6 is 0 Å². The molecule has 2 saturated heterocycles. The van der Waals surface area contributed by atoms with E-state index >= 15 is 0 Å². The van der Waals surface area contributed by atoms with Gasteiger partial charge in [0, 0.05) is 18.6 Å². The fraction of sp³-hybridized carbons (Fsp3) is 0.435. The Bertz CT molecular complexity index is 874. The van der Waals surface area contributed by atoms with Crippen LogP contribution in [0.25, 0.3) is 11.1 Å². The van der Waals surface area contributed by atoms with Crippen LogP contribution in [0, 0.1) is 17.1 Å². The molecule has 3 fully saturated rings. The lowest BCUT2D eigenvalue weighted by Crippen LogP contribution is -2.28. The van der Waals surface area contributed by atoms with E-state index in [1.54, 1.807) is 6.07 Å². The van der Waals surface area contributed by atoms with Crippen LogP contribution in [0.1, 0.15) is 61.1 Å². The van der Waals surface area contributed by atoms with Crippen molar-refractivity contribution in [1.82, 2.24) is 4.90 Å². The first-order valence-electron chi connectivity index (χ1n) is 9.82. The highest BCUT2D eigenvalue weighted by Crippen LogP contribution is 2.47. The minimum absolute atomic E-state index is 0.117. The molecule has 2 nitrogen and oxygen atoms in total. The maximum absolute atomic E-state index is 14.2. The minimum Gasteiger partial charge on any atom is -0.293 e. The Kier molecular flexibility index (Phi) is 3.83. The Hall–Kier alpha value is -2.18. The van der Waals surface area contributed by atoms with Crippen molar-refractivity contribution >= 4 is 0 Å². The molecule has 3 aliphatic rings. The number of halogens is 1. The summed E-state index contributed by atoms with van der Waals surface area (Å²) in [5, 5.41) is 9.00. The first-order chi connectivity index (χ1) is 12.7. The molecule has 0 amide bonds. The van der Waals surface area contributed by atoms with Gasteiger partial charge in [-0.3, -0.25) is 4.90 Å². The van der Waals surface area contributed by atoms with Crippen LogP contribution < -0.4 is 0 Å². The Balaban J connectivity index is 1.54. The smallest absolute Gasteiger partial charge is 0.141 e.